The Bertz CT molecular complexity index is 950. The number of ether oxygens (including phenoxy) is 1. The highest BCUT2D eigenvalue weighted by Gasteiger charge is 2.38. The molecule has 2 aliphatic rings. The van der Waals surface area contributed by atoms with Crippen LogP contribution in [0, 0.1) is 12.8 Å². The van der Waals surface area contributed by atoms with E-state index in [1.807, 2.05) is 19.1 Å². The zero-order chi connectivity index (χ0) is 21.0. The molecular weight excluding hydrogens is 396 g/mol. The third-order valence-corrected chi connectivity index (χ3v) is 8.23. The smallest absolute Gasteiger partial charge is 0.205 e. The molecule has 2 unspecified atom stereocenters. The van der Waals surface area contributed by atoms with E-state index in [0.717, 1.165) is 50.9 Å². The molecule has 30 heavy (non-hydrogen) atoms. The molecule has 0 aromatic heterocycles. The fraction of sp³-hybridized carbons (Fsp3) is 0.458. The molecule has 2 atom stereocenters. The summed E-state index contributed by atoms with van der Waals surface area (Å²) in [6.07, 6.45) is 4.93. The molecule has 0 spiro atoms. The molecule has 160 valence electrons. The second kappa shape index (κ2) is 9.31. The van der Waals surface area contributed by atoms with Gasteiger partial charge in [0.1, 0.15) is 6.10 Å². The monoisotopic (exact) mass is 426 g/mol. The highest BCUT2D eigenvalue weighted by atomic mass is 32.2. The Morgan fingerprint density at radius 2 is 1.70 bits per heavy atom. The molecular formula is C24H30N2O3S. The lowest BCUT2D eigenvalue weighted by molar-refractivity contribution is 0.149. The number of aliphatic imine (C=N–C) groups is 1. The molecule has 1 saturated heterocycles. The number of benzene rings is 2. The lowest BCUT2D eigenvalue weighted by Crippen LogP contribution is -2.34. The molecule has 0 amide bonds. The molecule has 6 heteroatoms. The van der Waals surface area contributed by atoms with Crippen LogP contribution >= 0.6 is 0 Å². The lowest BCUT2D eigenvalue weighted by atomic mass is 9.91. The van der Waals surface area contributed by atoms with Crippen LogP contribution < -0.4 is 0 Å². The van der Waals surface area contributed by atoms with E-state index in [-0.39, 0.29) is 0 Å². The Morgan fingerprint density at radius 3 is 2.40 bits per heavy atom. The molecule has 0 N–H and O–H groups in total. The first-order valence-electron chi connectivity index (χ1n) is 10.8. The molecule has 2 aliphatic heterocycles. The van der Waals surface area contributed by atoms with Crippen LogP contribution in [-0.4, -0.2) is 44.3 Å². The van der Waals surface area contributed by atoms with Gasteiger partial charge in [-0.15, -0.1) is 0 Å². The van der Waals surface area contributed by atoms with Crippen molar-refractivity contribution in [3.63, 3.8) is 0 Å². The number of nitrogens with zero attached hydrogens (tertiary/aromatic N) is 2. The first kappa shape index (κ1) is 21.1. The van der Waals surface area contributed by atoms with Gasteiger partial charge in [-0.05, 0) is 69.3 Å². The first-order valence-corrected chi connectivity index (χ1v) is 12.3. The van der Waals surface area contributed by atoms with Crippen molar-refractivity contribution < 1.29 is 13.2 Å². The van der Waals surface area contributed by atoms with Crippen LogP contribution in [0.2, 0.25) is 0 Å². The summed E-state index contributed by atoms with van der Waals surface area (Å²) in [5.41, 5.74) is 2.40. The van der Waals surface area contributed by atoms with Gasteiger partial charge in [-0.3, -0.25) is 4.90 Å². The van der Waals surface area contributed by atoms with Crippen LogP contribution in [0.4, 0.5) is 0 Å². The van der Waals surface area contributed by atoms with E-state index in [0.29, 0.717) is 10.8 Å². The van der Waals surface area contributed by atoms with E-state index in [9.17, 15) is 8.42 Å². The number of hydrogen-bond acceptors (Lipinski definition) is 5. The maximum absolute atomic E-state index is 13.0. The van der Waals surface area contributed by atoms with Crippen LogP contribution in [0.1, 0.15) is 36.8 Å². The summed E-state index contributed by atoms with van der Waals surface area (Å²) in [5, 5.41) is -0.835. The van der Waals surface area contributed by atoms with Gasteiger partial charge in [0.05, 0.1) is 4.90 Å². The third kappa shape index (κ3) is 4.93. The van der Waals surface area contributed by atoms with Gasteiger partial charge >= 0.3 is 0 Å². The van der Waals surface area contributed by atoms with Gasteiger partial charge in [0.25, 0.3) is 0 Å². The van der Waals surface area contributed by atoms with E-state index in [1.54, 1.807) is 12.1 Å². The molecule has 2 heterocycles. The molecule has 2 aromatic carbocycles. The summed E-state index contributed by atoms with van der Waals surface area (Å²) in [6.45, 7) is 5.13. The van der Waals surface area contributed by atoms with Crippen LogP contribution in [0.25, 0.3) is 0 Å². The molecule has 0 saturated carbocycles. The van der Waals surface area contributed by atoms with Crippen molar-refractivity contribution in [2.45, 2.75) is 55.5 Å². The van der Waals surface area contributed by atoms with E-state index in [4.69, 9.17) is 4.74 Å². The van der Waals surface area contributed by atoms with Gasteiger partial charge < -0.3 is 4.74 Å². The first-order chi connectivity index (χ1) is 14.5. The zero-order valence-corrected chi connectivity index (χ0v) is 18.3. The minimum atomic E-state index is -3.53. The lowest BCUT2D eigenvalue weighted by Gasteiger charge is -2.32. The number of piperidine rings is 1. The summed E-state index contributed by atoms with van der Waals surface area (Å²) in [7, 11) is -3.53. The van der Waals surface area contributed by atoms with Crippen LogP contribution in [0.5, 0.6) is 0 Å². The normalized spacial score (nSPS) is 22.8. The number of rotatable bonds is 7. The highest BCUT2D eigenvalue weighted by molar-refractivity contribution is 7.92. The quantitative estimate of drug-likeness (QED) is 0.665. The summed E-state index contributed by atoms with van der Waals surface area (Å²) < 4.78 is 31.7. The van der Waals surface area contributed by atoms with Gasteiger partial charge in [-0.2, -0.15) is 0 Å². The minimum Gasteiger partial charge on any atom is -0.477 e. The Kier molecular flexibility index (Phi) is 6.54. The second-order valence-electron chi connectivity index (χ2n) is 8.46. The van der Waals surface area contributed by atoms with Crippen molar-refractivity contribution in [2.24, 2.45) is 10.9 Å². The second-order valence-corrected chi connectivity index (χ2v) is 10.5. The van der Waals surface area contributed by atoms with E-state index < -0.39 is 21.3 Å². The number of likely N-dealkylation sites (tertiary alicyclic amines) is 1. The van der Waals surface area contributed by atoms with Gasteiger partial charge in [-0.1, -0.05) is 48.0 Å². The van der Waals surface area contributed by atoms with Gasteiger partial charge in [0.15, 0.2) is 11.8 Å². The average Bonchev–Trinajstić information content (AvgIpc) is 3.24. The van der Waals surface area contributed by atoms with Crippen molar-refractivity contribution in [2.75, 3.05) is 13.1 Å². The van der Waals surface area contributed by atoms with Crippen molar-refractivity contribution in [3.05, 3.63) is 65.7 Å². The fourth-order valence-electron chi connectivity index (χ4n) is 4.37. The number of hydrogen-bond donors (Lipinski definition) is 0. The maximum Gasteiger partial charge on any atom is 0.205 e. The Hall–Kier alpha value is -2.18. The summed E-state index contributed by atoms with van der Waals surface area (Å²) in [6, 6.07) is 17.6. The van der Waals surface area contributed by atoms with Crippen molar-refractivity contribution >= 4 is 16.2 Å². The number of aryl methyl sites for hydroxylation is 1. The van der Waals surface area contributed by atoms with Crippen LogP contribution in [0.3, 0.4) is 0 Å². The summed E-state index contributed by atoms with van der Waals surface area (Å²) in [4.78, 5) is 6.99. The third-order valence-electron chi connectivity index (χ3n) is 6.24. The predicted octanol–water partition coefficient (Wildman–Crippen LogP) is 4.21. The minimum absolute atomic E-state index is 0.319. The molecule has 0 radical (unpaired) electrons. The number of sulfone groups is 1. The summed E-state index contributed by atoms with van der Waals surface area (Å²) >= 11 is 0. The molecule has 1 fully saturated rings. The van der Waals surface area contributed by atoms with Crippen LogP contribution in [-0.2, 0) is 21.1 Å². The maximum atomic E-state index is 13.0. The van der Waals surface area contributed by atoms with Crippen molar-refractivity contribution in [1.29, 1.82) is 0 Å². The Morgan fingerprint density at radius 1 is 1.00 bits per heavy atom. The predicted molar refractivity (Wildman–Crippen MR) is 119 cm³/mol. The van der Waals surface area contributed by atoms with E-state index in [1.165, 1.54) is 12.0 Å². The summed E-state index contributed by atoms with van der Waals surface area (Å²) in [5.74, 6) is 0.615. The molecule has 0 aliphatic carbocycles. The van der Waals surface area contributed by atoms with Crippen LogP contribution in [0.15, 0.2) is 64.5 Å². The molecule has 4 rings (SSSR count). The SMILES string of the molecule is Cc1ccc(S(=O)(=O)C2N=COC2CCC2CCN(Cc3ccccc3)CC2)cc1. The Balaban J connectivity index is 1.28. The van der Waals surface area contributed by atoms with E-state index in [2.05, 4.69) is 40.2 Å². The topological polar surface area (TPSA) is 59.0 Å². The largest absolute Gasteiger partial charge is 0.477 e. The van der Waals surface area contributed by atoms with Gasteiger partial charge in [0.2, 0.25) is 9.84 Å². The fourth-order valence-corrected chi connectivity index (χ4v) is 5.97. The van der Waals surface area contributed by atoms with E-state index >= 15 is 0 Å². The van der Waals surface area contributed by atoms with Crippen molar-refractivity contribution in [1.82, 2.24) is 4.90 Å². The van der Waals surface area contributed by atoms with Gasteiger partial charge in [-0.25, -0.2) is 13.4 Å². The molecule has 2 aromatic rings. The van der Waals surface area contributed by atoms with Crippen molar-refractivity contribution in [3.8, 4) is 0 Å². The van der Waals surface area contributed by atoms with Gasteiger partial charge in [0, 0.05) is 6.54 Å². The zero-order valence-electron chi connectivity index (χ0n) is 17.5. The molecule has 0 bridgehead atoms. The molecule has 5 nitrogen and oxygen atoms in total. The Labute approximate surface area is 179 Å². The highest BCUT2D eigenvalue weighted by Crippen LogP contribution is 2.30. The average molecular weight is 427 g/mol. The standard InChI is InChI=1S/C24H30N2O3S/c1-19-7-10-22(11-8-19)30(27,28)24-23(29-18-25-24)12-9-20-13-15-26(16-14-20)17-21-5-3-2-4-6-21/h2-8,10-11,18,20,23-24H,9,12-17H2,1H3.